The fraction of sp³-hybridized carbons (Fsp3) is 0.889. The predicted molar refractivity (Wildman–Crippen MR) is 48.3 cm³/mol. The van der Waals surface area contributed by atoms with Crippen LogP contribution in [0.1, 0.15) is 0 Å². The third kappa shape index (κ3) is 3.66. The van der Waals surface area contributed by atoms with Crippen LogP contribution in [0.25, 0.3) is 0 Å². The number of carbonyl (C=O) groups is 1. The van der Waals surface area contributed by atoms with Crippen molar-refractivity contribution in [1.29, 1.82) is 0 Å². The van der Waals surface area contributed by atoms with Crippen molar-refractivity contribution in [3.05, 3.63) is 0 Å². The Balaban J connectivity index is 0. The molecule has 0 saturated heterocycles. The van der Waals surface area contributed by atoms with Crippen LogP contribution in [0.2, 0.25) is 0 Å². The number of aliphatic carboxylic acids is 1. The van der Waals surface area contributed by atoms with Gasteiger partial charge in [-0.15, -0.1) is 0 Å². The zero-order valence-electron chi connectivity index (χ0n) is 12.1. The minimum Gasteiger partial charge on any atom is -0.477 e. The molecule has 0 atom stereocenters. The van der Waals surface area contributed by atoms with Crippen LogP contribution in [-0.4, -0.2) is 58.7 Å². The number of hydrogen-bond donors (Lipinski definition) is 1. The third-order valence-electron chi connectivity index (χ3n) is 2.99. The van der Waals surface area contributed by atoms with Crippen LogP contribution in [-0.2, 0) is 27.2 Å². The Labute approximate surface area is 161 Å². The van der Waals surface area contributed by atoms with E-state index in [1.165, 1.54) is 0 Å². The van der Waals surface area contributed by atoms with Crippen molar-refractivity contribution in [3.63, 3.8) is 0 Å². The van der Waals surface area contributed by atoms with Gasteiger partial charge in [0.15, 0.2) is 0 Å². The summed E-state index contributed by atoms with van der Waals surface area (Å²) in [5, 5.41) is 7.59. The van der Waals surface area contributed by atoms with E-state index in [-0.39, 0.29) is 22.4 Å². The molecule has 29 heavy (non-hydrogen) atoms. The fourth-order valence-corrected chi connectivity index (χ4v) is 1.30. The second-order valence-corrected chi connectivity index (χ2v) is 4.82. The average molecular weight is 572 g/mol. The number of alkyl halides is 17. The van der Waals surface area contributed by atoms with Crippen LogP contribution in [0.5, 0.6) is 0 Å². The van der Waals surface area contributed by atoms with Gasteiger partial charge in [0.05, 0.1) is 0 Å². The molecule has 0 saturated carbocycles. The van der Waals surface area contributed by atoms with E-state index in [4.69, 9.17) is 5.11 Å². The first kappa shape index (κ1) is 30.2. The average Bonchev–Trinajstić information content (AvgIpc) is 2.44. The van der Waals surface area contributed by atoms with Crippen molar-refractivity contribution in [1.82, 2.24) is 0 Å². The van der Waals surface area contributed by atoms with Gasteiger partial charge in [0.1, 0.15) is 0 Å². The molecule has 0 fully saturated rings. The molecule has 1 N–H and O–H groups in total. The van der Waals surface area contributed by atoms with Crippen molar-refractivity contribution < 1.29 is 107 Å². The van der Waals surface area contributed by atoms with Gasteiger partial charge in [-0.05, 0) is 0 Å². The van der Waals surface area contributed by atoms with Crippen molar-refractivity contribution in [2.45, 2.75) is 47.6 Å². The Morgan fingerprint density at radius 3 is 0.862 bits per heavy atom. The summed E-state index contributed by atoms with van der Waals surface area (Å²) in [6.07, 6.45) is -7.83. The Kier molecular flexibility index (Phi) is 7.62. The number of rotatable bonds is 7. The van der Waals surface area contributed by atoms with Crippen molar-refractivity contribution in [2.24, 2.45) is 0 Å². The Bertz CT molecular complexity index is 621. The van der Waals surface area contributed by atoms with E-state index in [9.17, 15) is 79.4 Å². The third-order valence-corrected chi connectivity index (χ3v) is 2.99. The Morgan fingerprint density at radius 1 is 0.448 bits per heavy atom. The quantitative estimate of drug-likeness (QED) is 0.342. The van der Waals surface area contributed by atoms with Gasteiger partial charge < -0.3 is 5.11 Å². The molecule has 0 aliphatic heterocycles. The molecule has 0 rings (SSSR count). The topological polar surface area (TPSA) is 37.3 Å². The maximum Gasteiger partial charge on any atom is 0.460 e. The second kappa shape index (κ2) is 7.31. The summed E-state index contributed by atoms with van der Waals surface area (Å²) < 4.78 is 214. The molecule has 1 radical (unpaired) electrons. The van der Waals surface area contributed by atoms with Crippen molar-refractivity contribution in [2.75, 3.05) is 0 Å². The molecule has 0 heterocycles. The fourth-order valence-electron chi connectivity index (χ4n) is 1.30. The number of hydrogen-bond acceptors (Lipinski definition) is 1. The largest absolute Gasteiger partial charge is 0.477 e. The van der Waals surface area contributed by atoms with E-state index in [2.05, 4.69) is 0 Å². The molecule has 0 unspecified atom stereocenters. The molecule has 0 aromatic carbocycles. The van der Waals surface area contributed by atoms with E-state index >= 15 is 0 Å². The molecule has 0 aliphatic carbocycles. The molecular formula is C9HAgF17O2. The van der Waals surface area contributed by atoms with E-state index in [0.29, 0.717) is 0 Å². The number of carboxylic acid groups (broad SMARTS) is 1. The maximum atomic E-state index is 13.0. The van der Waals surface area contributed by atoms with E-state index < -0.39 is 53.6 Å². The van der Waals surface area contributed by atoms with Crippen molar-refractivity contribution >= 4 is 5.97 Å². The van der Waals surface area contributed by atoms with Gasteiger partial charge in [0.25, 0.3) is 0 Å². The SMILES string of the molecule is O=C(O)C(F)(F)C(F)(F)C(F)(F)C(F)(F)C(F)(F)C(F)(F)C(F)(F)C(F)(F)F.[Ag]. The standard InChI is InChI=1S/C9HF17O2.Ag/c10-2(11,1(27)28)3(12,13)4(14,15)5(16,17)6(18,19)7(20,21)8(22,23)9(24,25)26;/h(H,27,28);. The molecule has 2 nitrogen and oxygen atoms in total. The summed E-state index contributed by atoms with van der Waals surface area (Å²) in [5.41, 5.74) is 0. The summed E-state index contributed by atoms with van der Waals surface area (Å²) in [7, 11) is 0. The zero-order valence-corrected chi connectivity index (χ0v) is 13.6. The van der Waals surface area contributed by atoms with E-state index in [0.717, 1.165) is 0 Å². The molecule has 0 spiro atoms. The summed E-state index contributed by atoms with van der Waals surface area (Å²) in [6.45, 7) is 0. The van der Waals surface area contributed by atoms with Gasteiger partial charge in [0, 0.05) is 22.4 Å². The molecule has 20 heteroatoms. The molecule has 0 aliphatic rings. The summed E-state index contributed by atoms with van der Waals surface area (Å²) >= 11 is 0. The molecular weight excluding hydrogens is 571 g/mol. The molecule has 0 bridgehead atoms. The number of halogens is 17. The minimum absolute atomic E-state index is 0. The van der Waals surface area contributed by atoms with Crippen LogP contribution >= 0.6 is 0 Å². The normalized spacial score (nSPS) is 15.8. The second-order valence-electron chi connectivity index (χ2n) is 4.82. The molecule has 179 valence electrons. The van der Waals surface area contributed by atoms with Crippen LogP contribution < -0.4 is 0 Å². The van der Waals surface area contributed by atoms with Gasteiger partial charge in [-0.25, -0.2) is 4.79 Å². The Hall–Kier alpha value is -0.980. The van der Waals surface area contributed by atoms with Crippen LogP contribution in [0.3, 0.4) is 0 Å². The maximum absolute atomic E-state index is 13.0. The first-order valence-corrected chi connectivity index (χ1v) is 5.64. The molecule has 0 aromatic heterocycles. The number of carboxylic acids is 1. The molecule has 0 aromatic rings. The zero-order chi connectivity index (χ0) is 23.6. The molecule has 0 amide bonds. The van der Waals surface area contributed by atoms with Gasteiger partial charge in [0.2, 0.25) is 0 Å². The van der Waals surface area contributed by atoms with Gasteiger partial charge >= 0.3 is 53.6 Å². The predicted octanol–water partition coefficient (Wildman–Crippen LogP) is 5.08. The summed E-state index contributed by atoms with van der Waals surface area (Å²) in [5.74, 6) is -62.9. The minimum atomic E-state index is -8.76. The van der Waals surface area contributed by atoms with Crippen LogP contribution in [0.4, 0.5) is 74.6 Å². The van der Waals surface area contributed by atoms with E-state index in [1.807, 2.05) is 0 Å². The van der Waals surface area contributed by atoms with Gasteiger partial charge in [-0.3, -0.25) is 0 Å². The first-order valence-electron chi connectivity index (χ1n) is 5.64. The monoisotopic (exact) mass is 571 g/mol. The summed E-state index contributed by atoms with van der Waals surface area (Å²) in [6, 6.07) is 0. The summed E-state index contributed by atoms with van der Waals surface area (Å²) in [4.78, 5) is 9.77. The van der Waals surface area contributed by atoms with Crippen molar-refractivity contribution in [3.8, 4) is 0 Å². The van der Waals surface area contributed by atoms with Crippen LogP contribution in [0.15, 0.2) is 0 Å². The van der Waals surface area contributed by atoms with Crippen LogP contribution in [0, 0.1) is 0 Å². The van der Waals surface area contributed by atoms with Gasteiger partial charge in [-0.1, -0.05) is 0 Å². The van der Waals surface area contributed by atoms with E-state index in [1.54, 1.807) is 0 Å². The first-order chi connectivity index (χ1) is 11.7. The van der Waals surface area contributed by atoms with Gasteiger partial charge in [-0.2, -0.15) is 74.6 Å². The smallest absolute Gasteiger partial charge is 0.460 e. The Morgan fingerprint density at radius 2 is 0.655 bits per heavy atom.